The van der Waals surface area contributed by atoms with E-state index in [1.807, 2.05) is 42.6 Å². The van der Waals surface area contributed by atoms with E-state index < -0.39 is 0 Å². The highest BCUT2D eigenvalue weighted by Crippen LogP contribution is 2.23. The molecule has 96 valence electrons. The molecule has 0 spiro atoms. The van der Waals surface area contributed by atoms with E-state index in [-0.39, 0.29) is 6.04 Å². The van der Waals surface area contributed by atoms with Crippen LogP contribution in [0.1, 0.15) is 18.7 Å². The molecule has 3 rings (SSSR count). The predicted octanol–water partition coefficient (Wildman–Crippen LogP) is 2.41. The first-order valence-corrected chi connectivity index (χ1v) is 6.81. The topological polar surface area (TPSA) is 69.6 Å². The average molecular weight is 271 g/mol. The second-order valence-electron chi connectivity index (χ2n) is 4.22. The molecule has 2 N–H and O–H groups in total. The molecule has 3 aromatic rings. The van der Waals surface area contributed by atoms with Crippen LogP contribution in [0.4, 0.5) is 0 Å². The van der Waals surface area contributed by atoms with Gasteiger partial charge >= 0.3 is 0 Å². The number of nitrogens with two attached hydrogens (primary N) is 1. The highest BCUT2D eigenvalue weighted by atomic mass is 32.1. The summed E-state index contributed by atoms with van der Waals surface area (Å²) in [6, 6.07) is 9.72. The summed E-state index contributed by atoms with van der Waals surface area (Å²) in [5.41, 5.74) is 8.38. The van der Waals surface area contributed by atoms with E-state index in [0.29, 0.717) is 0 Å². The van der Waals surface area contributed by atoms with E-state index in [4.69, 9.17) is 5.73 Å². The van der Waals surface area contributed by atoms with Crippen LogP contribution in [-0.2, 0) is 0 Å². The van der Waals surface area contributed by atoms with Crippen molar-refractivity contribution in [3.05, 3.63) is 47.6 Å². The zero-order chi connectivity index (χ0) is 13.2. The molecule has 0 amide bonds. The van der Waals surface area contributed by atoms with Crippen LogP contribution in [0, 0.1) is 0 Å². The monoisotopic (exact) mass is 271 g/mol. The van der Waals surface area contributed by atoms with Crippen molar-refractivity contribution in [3.8, 4) is 16.4 Å². The number of thiazole rings is 1. The lowest BCUT2D eigenvalue weighted by atomic mass is 10.3. The highest BCUT2D eigenvalue weighted by molar-refractivity contribution is 7.13. The van der Waals surface area contributed by atoms with Crippen molar-refractivity contribution >= 4 is 11.3 Å². The van der Waals surface area contributed by atoms with Crippen LogP contribution in [0.25, 0.3) is 16.4 Å². The standard InChI is InChI=1S/C13H13N5S/c1-9(14)12-8-19-13(16-12)11-7-15-18(17-11)10-5-3-2-4-6-10/h2-9H,14H2,1H3. The first-order valence-electron chi connectivity index (χ1n) is 5.93. The molecule has 1 atom stereocenters. The SMILES string of the molecule is CC(N)c1csc(-c2cnn(-c3ccccc3)n2)n1. The fraction of sp³-hybridized carbons (Fsp3) is 0.154. The summed E-state index contributed by atoms with van der Waals surface area (Å²) in [6.07, 6.45) is 1.72. The molecule has 2 heterocycles. The van der Waals surface area contributed by atoms with E-state index in [2.05, 4.69) is 15.2 Å². The van der Waals surface area contributed by atoms with Gasteiger partial charge in [-0.1, -0.05) is 18.2 Å². The van der Waals surface area contributed by atoms with Crippen LogP contribution in [0.15, 0.2) is 41.9 Å². The van der Waals surface area contributed by atoms with Crippen LogP contribution in [0.5, 0.6) is 0 Å². The van der Waals surface area contributed by atoms with Gasteiger partial charge in [-0.25, -0.2) is 4.98 Å². The first kappa shape index (κ1) is 12.0. The molecule has 0 aliphatic carbocycles. The summed E-state index contributed by atoms with van der Waals surface area (Å²) < 4.78 is 0. The maximum Gasteiger partial charge on any atom is 0.145 e. The Bertz CT molecular complexity index is 671. The first-order chi connectivity index (χ1) is 9.24. The molecule has 2 aromatic heterocycles. The fourth-order valence-electron chi connectivity index (χ4n) is 1.66. The Balaban J connectivity index is 1.92. The molecule has 6 heteroatoms. The van der Waals surface area contributed by atoms with Crippen LogP contribution in [0.3, 0.4) is 0 Å². The van der Waals surface area contributed by atoms with Gasteiger partial charge in [0.15, 0.2) is 0 Å². The van der Waals surface area contributed by atoms with E-state index in [0.717, 1.165) is 22.1 Å². The average Bonchev–Trinajstić information content (AvgIpc) is 3.09. The Morgan fingerprint density at radius 2 is 2.05 bits per heavy atom. The van der Waals surface area contributed by atoms with Crippen molar-refractivity contribution in [2.24, 2.45) is 5.73 Å². The Morgan fingerprint density at radius 1 is 1.26 bits per heavy atom. The molecular weight excluding hydrogens is 258 g/mol. The lowest BCUT2D eigenvalue weighted by Crippen LogP contribution is -2.04. The molecule has 0 aliphatic rings. The van der Waals surface area contributed by atoms with Gasteiger partial charge in [0.2, 0.25) is 0 Å². The van der Waals surface area contributed by atoms with Crippen molar-refractivity contribution in [1.29, 1.82) is 0 Å². The molecule has 5 nitrogen and oxygen atoms in total. The van der Waals surface area contributed by atoms with E-state index in [1.54, 1.807) is 11.0 Å². The third-order valence-corrected chi connectivity index (χ3v) is 3.57. The molecule has 0 radical (unpaired) electrons. The van der Waals surface area contributed by atoms with Crippen molar-refractivity contribution < 1.29 is 0 Å². The number of benzene rings is 1. The van der Waals surface area contributed by atoms with Gasteiger partial charge in [-0.2, -0.15) is 9.90 Å². The van der Waals surface area contributed by atoms with Gasteiger partial charge in [-0.3, -0.25) is 0 Å². The van der Waals surface area contributed by atoms with Crippen molar-refractivity contribution in [3.63, 3.8) is 0 Å². The van der Waals surface area contributed by atoms with Crippen LogP contribution in [0.2, 0.25) is 0 Å². The van der Waals surface area contributed by atoms with Crippen molar-refractivity contribution in [2.75, 3.05) is 0 Å². The third kappa shape index (κ3) is 2.40. The summed E-state index contributed by atoms with van der Waals surface area (Å²) in [5.74, 6) is 0. The molecule has 0 saturated carbocycles. The Labute approximate surface area is 114 Å². The van der Waals surface area contributed by atoms with Gasteiger partial charge in [0.25, 0.3) is 0 Å². The van der Waals surface area contributed by atoms with Gasteiger partial charge in [-0.15, -0.1) is 16.4 Å². The summed E-state index contributed by atoms with van der Waals surface area (Å²) in [7, 11) is 0. The summed E-state index contributed by atoms with van der Waals surface area (Å²) in [6.45, 7) is 1.92. The number of nitrogens with zero attached hydrogens (tertiary/aromatic N) is 4. The fourth-order valence-corrected chi connectivity index (χ4v) is 2.53. The van der Waals surface area contributed by atoms with Gasteiger partial charge in [0.1, 0.15) is 10.7 Å². The zero-order valence-electron chi connectivity index (χ0n) is 10.4. The zero-order valence-corrected chi connectivity index (χ0v) is 11.2. The Hall–Kier alpha value is -2.05. The molecule has 1 aromatic carbocycles. The van der Waals surface area contributed by atoms with E-state index in [9.17, 15) is 0 Å². The molecule has 0 bridgehead atoms. The quantitative estimate of drug-likeness (QED) is 0.794. The number of para-hydroxylation sites is 1. The molecule has 0 fully saturated rings. The van der Waals surface area contributed by atoms with Crippen LogP contribution in [-0.4, -0.2) is 20.0 Å². The smallest absolute Gasteiger partial charge is 0.145 e. The number of rotatable bonds is 3. The van der Waals surface area contributed by atoms with Gasteiger partial charge < -0.3 is 5.73 Å². The van der Waals surface area contributed by atoms with Gasteiger partial charge in [0.05, 0.1) is 17.6 Å². The van der Waals surface area contributed by atoms with Gasteiger partial charge in [-0.05, 0) is 19.1 Å². The summed E-state index contributed by atoms with van der Waals surface area (Å²) in [4.78, 5) is 6.06. The highest BCUT2D eigenvalue weighted by Gasteiger charge is 2.11. The minimum atomic E-state index is -0.0610. The molecule has 1 unspecified atom stereocenters. The Morgan fingerprint density at radius 3 is 2.74 bits per heavy atom. The van der Waals surface area contributed by atoms with Gasteiger partial charge in [0, 0.05) is 11.4 Å². The molecule has 0 aliphatic heterocycles. The van der Waals surface area contributed by atoms with Crippen LogP contribution >= 0.6 is 11.3 Å². The van der Waals surface area contributed by atoms with Crippen LogP contribution < -0.4 is 5.73 Å². The minimum absolute atomic E-state index is 0.0610. The number of hydrogen-bond donors (Lipinski definition) is 1. The normalized spacial score (nSPS) is 12.5. The summed E-state index contributed by atoms with van der Waals surface area (Å²) in [5, 5.41) is 11.5. The second-order valence-corrected chi connectivity index (χ2v) is 5.08. The maximum absolute atomic E-state index is 5.80. The minimum Gasteiger partial charge on any atom is -0.323 e. The largest absolute Gasteiger partial charge is 0.323 e. The van der Waals surface area contributed by atoms with Crippen molar-refractivity contribution in [2.45, 2.75) is 13.0 Å². The maximum atomic E-state index is 5.80. The van der Waals surface area contributed by atoms with Crippen molar-refractivity contribution in [1.82, 2.24) is 20.0 Å². The number of hydrogen-bond acceptors (Lipinski definition) is 5. The second kappa shape index (κ2) is 4.91. The molecular formula is C13H13N5S. The van der Waals surface area contributed by atoms with E-state index >= 15 is 0 Å². The molecule has 0 saturated heterocycles. The lowest BCUT2D eigenvalue weighted by Gasteiger charge is -1.97. The Kier molecular flexibility index (Phi) is 3.10. The van der Waals surface area contributed by atoms with E-state index in [1.165, 1.54) is 11.3 Å². The number of aromatic nitrogens is 4. The predicted molar refractivity (Wildman–Crippen MR) is 75.1 cm³/mol. The summed E-state index contributed by atoms with van der Waals surface area (Å²) >= 11 is 1.53. The third-order valence-electron chi connectivity index (χ3n) is 2.69. The lowest BCUT2D eigenvalue weighted by molar-refractivity contribution is 0.753. The molecule has 19 heavy (non-hydrogen) atoms.